The number of ketones is 2. The normalized spacial score (nSPS) is 30.0. The summed E-state index contributed by atoms with van der Waals surface area (Å²) in [5.41, 5.74) is 0. The summed E-state index contributed by atoms with van der Waals surface area (Å²) in [4.78, 5) is 35.2. The number of allylic oxidation sites excluding steroid dienone is 2. The minimum atomic E-state index is -0.762. The van der Waals surface area contributed by atoms with Crippen molar-refractivity contribution in [1.82, 2.24) is 0 Å². The maximum absolute atomic E-state index is 12.5. The largest absolute Gasteiger partial charge is 0.481 e. The van der Waals surface area contributed by atoms with Crippen molar-refractivity contribution in [1.29, 1.82) is 0 Å². The van der Waals surface area contributed by atoms with E-state index >= 15 is 0 Å². The summed E-state index contributed by atoms with van der Waals surface area (Å²) in [7, 11) is 0. The highest BCUT2D eigenvalue weighted by atomic mass is 16.4. The molecule has 0 saturated heterocycles. The van der Waals surface area contributed by atoms with Crippen LogP contribution in [0, 0.1) is 23.7 Å². The summed E-state index contributed by atoms with van der Waals surface area (Å²) in [5.74, 6) is 0.775. The van der Waals surface area contributed by atoms with Gasteiger partial charge in [0.25, 0.3) is 0 Å². The molecule has 2 rings (SSSR count). The van der Waals surface area contributed by atoms with E-state index in [0.717, 1.165) is 38.5 Å². The van der Waals surface area contributed by atoms with Crippen molar-refractivity contribution < 1.29 is 19.5 Å². The minimum Gasteiger partial charge on any atom is -0.481 e. The Morgan fingerprint density at radius 3 is 2.62 bits per heavy atom. The van der Waals surface area contributed by atoms with Gasteiger partial charge in [-0.1, -0.05) is 31.9 Å². The van der Waals surface area contributed by atoms with Crippen molar-refractivity contribution in [2.45, 2.75) is 71.1 Å². The maximum atomic E-state index is 12.5. The van der Waals surface area contributed by atoms with Crippen LogP contribution in [0.25, 0.3) is 0 Å². The van der Waals surface area contributed by atoms with Crippen LogP contribution in [-0.4, -0.2) is 22.6 Å². The molecule has 2 aliphatic carbocycles. The topological polar surface area (TPSA) is 71.4 Å². The molecule has 0 heterocycles. The van der Waals surface area contributed by atoms with Gasteiger partial charge < -0.3 is 5.11 Å². The quantitative estimate of drug-likeness (QED) is 0.507. The summed E-state index contributed by atoms with van der Waals surface area (Å²) >= 11 is 0. The first-order valence-corrected chi connectivity index (χ1v) is 9.46. The summed E-state index contributed by atoms with van der Waals surface area (Å²) in [5, 5.41) is 8.62. The molecule has 2 fully saturated rings. The number of carboxylic acids is 1. The molecule has 0 aromatic heterocycles. The lowest BCUT2D eigenvalue weighted by Gasteiger charge is -2.34. The third kappa shape index (κ3) is 4.78. The van der Waals surface area contributed by atoms with E-state index in [9.17, 15) is 14.4 Å². The van der Waals surface area contributed by atoms with Gasteiger partial charge in [-0.2, -0.15) is 0 Å². The van der Waals surface area contributed by atoms with Gasteiger partial charge in [0.2, 0.25) is 0 Å². The minimum absolute atomic E-state index is 0.0722. The van der Waals surface area contributed by atoms with Gasteiger partial charge in [0, 0.05) is 31.1 Å². The predicted molar refractivity (Wildman–Crippen MR) is 92.6 cm³/mol. The number of unbranched alkanes of at least 4 members (excludes halogenated alkanes) is 2. The number of Topliss-reactive ketones (excluding diaryl/α,β-unsaturated/α-hetero) is 2. The Morgan fingerprint density at radius 1 is 1.12 bits per heavy atom. The van der Waals surface area contributed by atoms with Gasteiger partial charge in [-0.15, -0.1) is 0 Å². The Kier molecular flexibility index (Phi) is 7.19. The van der Waals surface area contributed by atoms with E-state index in [-0.39, 0.29) is 24.2 Å². The van der Waals surface area contributed by atoms with E-state index in [1.807, 2.05) is 12.2 Å². The fourth-order valence-electron chi connectivity index (χ4n) is 4.50. The highest BCUT2D eigenvalue weighted by Crippen LogP contribution is 2.48. The lowest BCUT2D eigenvalue weighted by molar-refractivity contribution is -0.137. The molecule has 134 valence electrons. The van der Waals surface area contributed by atoms with Crippen LogP contribution in [-0.2, 0) is 14.4 Å². The van der Waals surface area contributed by atoms with Crippen LogP contribution in [0.5, 0.6) is 0 Å². The number of rotatable bonds is 9. The number of hydrogen-bond donors (Lipinski definition) is 1. The molecule has 0 radical (unpaired) electrons. The Hall–Kier alpha value is -1.45. The number of fused-ring (bicyclic) bond motifs is 1. The third-order valence-electron chi connectivity index (χ3n) is 5.76. The van der Waals surface area contributed by atoms with Crippen molar-refractivity contribution >= 4 is 17.5 Å². The lowest BCUT2D eigenvalue weighted by Crippen LogP contribution is -2.34. The van der Waals surface area contributed by atoms with E-state index in [0.29, 0.717) is 36.7 Å². The lowest BCUT2D eigenvalue weighted by atomic mass is 9.69. The predicted octanol–water partition coefficient (Wildman–Crippen LogP) is 4.18. The maximum Gasteiger partial charge on any atom is 0.303 e. The molecule has 2 aliphatic rings. The van der Waals surface area contributed by atoms with E-state index in [2.05, 4.69) is 6.92 Å². The van der Waals surface area contributed by atoms with Crippen molar-refractivity contribution in [3.05, 3.63) is 12.2 Å². The van der Waals surface area contributed by atoms with E-state index in [1.165, 1.54) is 0 Å². The first-order valence-electron chi connectivity index (χ1n) is 9.46. The zero-order valence-corrected chi connectivity index (χ0v) is 14.7. The second-order valence-electron chi connectivity index (χ2n) is 7.35. The molecule has 4 nitrogen and oxygen atoms in total. The fraction of sp³-hybridized carbons (Fsp3) is 0.750. The highest BCUT2D eigenvalue weighted by Gasteiger charge is 2.48. The van der Waals surface area contributed by atoms with Gasteiger partial charge >= 0.3 is 5.97 Å². The molecule has 24 heavy (non-hydrogen) atoms. The molecular formula is C20H30O4. The van der Waals surface area contributed by atoms with Crippen molar-refractivity contribution in [3.63, 3.8) is 0 Å². The molecular weight excluding hydrogens is 304 g/mol. The van der Waals surface area contributed by atoms with E-state index in [1.54, 1.807) is 0 Å². The van der Waals surface area contributed by atoms with E-state index in [4.69, 9.17) is 5.11 Å². The summed E-state index contributed by atoms with van der Waals surface area (Å²) in [6, 6.07) is 0. The van der Waals surface area contributed by atoms with Gasteiger partial charge in [0.15, 0.2) is 0 Å². The summed E-state index contributed by atoms with van der Waals surface area (Å²) in [6.45, 7) is 2.14. The van der Waals surface area contributed by atoms with Gasteiger partial charge in [0.05, 0.1) is 0 Å². The summed E-state index contributed by atoms with van der Waals surface area (Å²) < 4.78 is 0. The average molecular weight is 334 g/mol. The number of hydrogen-bond acceptors (Lipinski definition) is 3. The molecule has 1 N–H and O–H groups in total. The number of carbonyl (C=O) groups excluding carboxylic acids is 2. The molecule has 0 amide bonds. The molecule has 0 unspecified atom stereocenters. The van der Waals surface area contributed by atoms with Gasteiger partial charge in [-0.25, -0.2) is 0 Å². The second-order valence-corrected chi connectivity index (χ2v) is 7.35. The van der Waals surface area contributed by atoms with Gasteiger partial charge in [0.1, 0.15) is 11.6 Å². The van der Waals surface area contributed by atoms with Gasteiger partial charge in [-0.3, -0.25) is 14.4 Å². The third-order valence-corrected chi connectivity index (χ3v) is 5.76. The number of aliphatic carboxylic acids is 1. The average Bonchev–Trinajstić information content (AvgIpc) is 2.85. The Labute approximate surface area is 144 Å². The monoisotopic (exact) mass is 334 g/mol. The Bertz CT molecular complexity index is 494. The molecule has 4 heteroatoms. The number of carbonyl (C=O) groups is 3. The van der Waals surface area contributed by atoms with E-state index < -0.39 is 5.97 Å². The SMILES string of the molecule is CCCC[C@H]1C(=O)CC[C@H]2[C@@H]1CC(=O)[C@@H]2C/C=C/CCCC(=O)O. The molecule has 0 spiro atoms. The van der Waals surface area contributed by atoms with Crippen LogP contribution >= 0.6 is 0 Å². The van der Waals surface area contributed by atoms with Crippen LogP contribution in [0.2, 0.25) is 0 Å². The molecule has 0 aliphatic heterocycles. The smallest absolute Gasteiger partial charge is 0.303 e. The second kappa shape index (κ2) is 9.14. The standard InChI is InChI=1S/C20H30O4/c1-2-3-8-16-17-13-19(22)15(14(17)11-12-18(16)21)9-6-4-5-7-10-20(23)24/h4,6,14-17H,2-3,5,7-13H2,1H3,(H,23,24)/b6-4+/t14-,15-,16-,17+/m1/s1. The summed E-state index contributed by atoms with van der Waals surface area (Å²) in [6.07, 6.45) is 11.6. The molecule has 0 bridgehead atoms. The first-order chi connectivity index (χ1) is 11.5. The van der Waals surface area contributed by atoms with Crippen LogP contribution < -0.4 is 0 Å². The van der Waals surface area contributed by atoms with Crippen molar-refractivity contribution in [2.75, 3.05) is 0 Å². The Balaban J connectivity index is 1.88. The molecule has 4 atom stereocenters. The number of carboxylic acid groups (broad SMARTS) is 1. The highest BCUT2D eigenvalue weighted by molar-refractivity contribution is 5.88. The van der Waals surface area contributed by atoms with Crippen LogP contribution in [0.4, 0.5) is 0 Å². The van der Waals surface area contributed by atoms with Gasteiger partial charge in [-0.05, 0) is 43.9 Å². The van der Waals surface area contributed by atoms with Crippen LogP contribution in [0.15, 0.2) is 12.2 Å². The zero-order chi connectivity index (χ0) is 17.5. The molecule has 0 aromatic carbocycles. The Morgan fingerprint density at radius 2 is 1.92 bits per heavy atom. The first kappa shape index (κ1) is 18.9. The fourth-order valence-corrected chi connectivity index (χ4v) is 4.50. The van der Waals surface area contributed by atoms with Crippen molar-refractivity contribution in [2.24, 2.45) is 23.7 Å². The molecule has 0 aromatic rings. The zero-order valence-electron chi connectivity index (χ0n) is 14.7. The van der Waals surface area contributed by atoms with Crippen molar-refractivity contribution in [3.8, 4) is 0 Å². The molecule has 2 saturated carbocycles. The van der Waals surface area contributed by atoms with Crippen LogP contribution in [0.1, 0.15) is 71.1 Å². The van der Waals surface area contributed by atoms with Crippen LogP contribution in [0.3, 0.4) is 0 Å².